The molecule has 0 fully saturated rings. The number of nitrogens with one attached hydrogen (secondary N) is 1. The zero-order chi connectivity index (χ0) is 15.6. The Morgan fingerprint density at radius 1 is 1.24 bits per heavy atom. The summed E-state index contributed by atoms with van der Waals surface area (Å²) >= 11 is 9.06. The van der Waals surface area contributed by atoms with Crippen molar-refractivity contribution in [2.24, 2.45) is 0 Å². The summed E-state index contributed by atoms with van der Waals surface area (Å²) in [5.74, 6) is 0.601. The number of sulfonamides is 1. The van der Waals surface area contributed by atoms with Gasteiger partial charge >= 0.3 is 0 Å². The monoisotopic (exact) mass is 390 g/mol. The molecule has 2 aromatic rings. The number of halogens is 2. The SMILES string of the molecule is COc1ccc(NS(=O)(=O)c2ccc(Cl)cc2N)cc1Br. The van der Waals surface area contributed by atoms with Crippen molar-refractivity contribution in [1.29, 1.82) is 0 Å². The maximum atomic E-state index is 12.3. The van der Waals surface area contributed by atoms with Gasteiger partial charge in [-0.25, -0.2) is 8.42 Å². The van der Waals surface area contributed by atoms with Crippen molar-refractivity contribution in [1.82, 2.24) is 0 Å². The summed E-state index contributed by atoms with van der Waals surface area (Å²) in [5.41, 5.74) is 6.18. The number of hydrogen-bond donors (Lipinski definition) is 2. The van der Waals surface area contributed by atoms with Crippen molar-refractivity contribution >= 4 is 48.9 Å². The van der Waals surface area contributed by atoms with Crippen molar-refractivity contribution in [3.05, 3.63) is 45.9 Å². The second-order valence-corrected chi connectivity index (χ2v) is 7.08. The van der Waals surface area contributed by atoms with E-state index in [1.807, 2.05) is 0 Å². The minimum absolute atomic E-state index is 0.0289. The molecule has 0 atom stereocenters. The largest absolute Gasteiger partial charge is 0.496 e. The number of hydrogen-bond acceptors (Lipinski definition) is 4. The predicted octanol–water partition coefficient (Wildman–Crippen LogP) is 3.49. The first kappa shape index (κ1) is 15.9. The molecular weight excluding hydrogens is 380 g/mol. The fourth-order valence-electron chi connectivity index (χ4n) is 1.70. The van der Waals surface area contributed by atoms with E-state index >= 15 is 0 Å². The lowest BCUT2D eigenvalue weighted by molar-refractivity contribution is 0.412. The number of benzene rings is 2. The minimum atomic E-state index is -3.79. The van der Waals surface area contributed by atoms with Gasteiger partial charge in [-0.05, 0) is 52.3 Å². The highest BCUT2D eigenvalue weighted by molar-refractivity contribution is 9.10. The summed E-state index contributed by atoms with van der Waals surface area (Å²) < 4.78 is 32.8. The zero-order valence-corrected chi connectivity index (χ0v) is 14.1. The molecule has 0 aliphatic heterocycles. The van der Waals surface area contributed by atoms with Crippen LogP contribution in [-0.2, 0) is 10.0 Å². The van der Waals surface area contributed by atoms with Crippen LogP contribution in [0.25, 0.3) is 0 Å². The van der Waals surface area contributed by atoms with E-state index in [2.05, 4.69) is 20.7 Å². The van der Waals surface area contributed by atoms with E-state index in [-0.39, 0.29) is 10.6 Å². The highest BCUT2D eigenvalue weighted by Gasteiger charge is 2.18. The summed E-state index contributed by atoms with van der Waals surface area (Å²) in [6.07, 6.45) is 0. The third kappa shape index (κ3) is 3.61. The summed E-state index contributed by atoms with van der Waals surface area (Å²) in [6, 6.07) is 9.05. The molecule has 0 amide bonds. The van der Waals surface area contributed by atoms with Gasteiger partial charge in [0, 0.05) is 5.02 Å². The fourth-order valence-corrected chi connectivity index (χ4v) is 3.59. The van der Waals surface area contributed by atoms with Crippen LogP contribution in [0.1, 0.15) is 0 Å². The van der Waals surface area contributed by atoms with Crippen molar-refractivity contribution < 1.29 is 13.2 Å². The lowest BCUT2D eigenvalue weighted by atomic mass is 10.3. The Morgan fingerprint density at radius 3 is 2.52 bits per heavy atom. The Labute approximate surface area is 136 Å². The average Bonchev–Trinajstić information content (AvgIpc) is 2.37. The molecule has 0 unspecified atom stereocenters. The quantitative estimate of drug-likeness (QED) is 0.782. The van der Waals surface area contributed by atoms with E-state index in [4.69, 9.17) is 22.1 Å². The molecule has 2 aromatic carbocycles. The third-order valence-electron chi connectivity index (χ3n) is 2.67. The van der Waals surface area contributed by atoms with Crippen LogP contribution in [0, 0.1) is 0 Å². The molecule has 0 radical (unpaired) electrons. The van der Waals surface area contributed by atoms with Crippen molar-refractivity contribution in [2.75, 3.05) is 17.6 Å². The molecule has 0 saturated heterocycles. The van der Waals surface area contributed by atoms with Crippen LogP contribution < -0.4 is 15.2 Å². The molecule has 112 valence electrons. The molecule has 3 N–H and O–H groups in total. The van der Waals surface area contributed by atoms with Crippen LogP contribution in [0.15, 0.2) is 45.8 Å². The normalized spacial score (nSPS) is 11.2. The van der Waals surface area contributed by atoms with E-state index in [0.717, 1.165) is 0 Å². The third-order valence-corrected chi connectivity index (χ3v) is 4.98. The van der Waals surface area contributed by atoms with Crippen molar-refractivity contribution in [2.45, 2.75) is 4.90 Å². The van der Waals surface area contributed by atoms with Gasteiger partial charge in [0.15, 0.2) is 0 Å². The smallest absolute Gasteiger partial charge is 0.263 e. The number of anilines is 2. The molecule has 0 aliphatic rings. The van der Waals surface area contributed by atoms with E-state index in [0.29, 0.717) is 20.9 Å². The maximum Gasteiger partial charge on any atom is 0.263 e. The van der Waals surface area contributed by atoms with Gasteiger partial charge in [0.25, 0.3) is 10.0 Å². The molecule has 0 aromatic heterocycles. The highest BCUT2D eigenvalue weighted by atomic mass is 79.9. The van der Waals surface area contributed by atoms with E-state index < -0.39 is 10.0 Å². The Balaban J connectivity index is 2.35. The molecular formula is C13H12BrClN2O3S. The van der Waals surface area contributed by atoms with Crippen LogP contribution in [-0.4, -0.2) is 15.5 Å². The average molecular weight is 392 g/mol. The zero-order valence-electron chi connectivity index (χ0n) is 10.9. The molecule has 0 saturated carbocycles. The van der Waals surface area contributed by atoms with Gasteiger partial charge in [0.1, 0.15) is 10.6 Å². The Kier molecular flexibility index (Phi) is 4.65. The first-order chi connectivity index (χ1) is 9.83. The van der Waals surface area contributed by atoms with Gasteiger partial charge in [-0.2, -0.15) is 0 Å². The van der Waals surface area contributed by atoms with E-state index in [9.17, 15) is 8.42 Å². The van der Waals surface area contributed by atoms with Gasteiger partial charge < -0.3 is 10.5 Å². The molecule has 0 spiro atoms. The van der Waals surface area contributed by atoms with Crippen molar-refractivity contribution in [3.63, 3.8) is 0 Å². The van der Waals surface area contributed by atoms with Gasteiger partial charge in [-0.15, -0.1) is 0 Å². The summed E-state index contributed by atoms with van der Waals surface area (Å²) in [7, 11) is -2.27. The Morgan fingerprint density at radius 2 is 1.95 bits per heavy atom. The number of nitrogen functional groups attached to an aromatic ring is 1. The Bertz CT molecular complexity index is 781. The summed E-state index contributed by atoms with van der Waals surface area (Å²) in [6.45, 7) is 0. The van der Waals surface area contributed by atoms with Gasteiger partial charge in [-0.1, -0.05) is 11.6 Å². The summed E-state index contributed by atoms with van der Waals surface area (Å²) in [4.78, 5) is -0.0289. The van der Waals surface area contributed by atoms with Gasteiger partial charge in [-0.3, -0.25) is 4.72 Å². The fraction of sp³-hybridized carbons (Fsp3) is 0.0769. The standard InChI is InChI=1S/C13H12BrClN2O3S/c1-20-12-4-3-9(7-10(12)14)17-21(18,19)13-5-2-8(15)6-11(13)16/h2-7,17H,16H2,1H3. The van der Waals surface area contributed by atoms with Crippen LogP contribution in [0.5, 0.6) is 5.75 Å². The van der Waals surface area contributed by atoms with Gasteiger partial charge in [0.05, 0.1) is 23.0 Å². The topological polar surface area (TPSA) is 81.4 Å². The second kappa shape index (κ2) is 6.13. The first-order valence-electron chi connectivity index (χ1n) is 5.75. The molecule has 21 heavy (non-hydrogen) atoms. The van der Waals surface area contributed by atoms with Crippen LogP contribution >= 0.6 is 27.5 Å². The molecule has 5 nitrogen and oxygen atoms in total. The highest BCUT2D eigenvalue weighted by Crippen LogP contribution is 2.30. The van der Waals surface area contributed by atoms with Crippen LogP contribution in [0.2, 0.25) is 5.02 Å². The number of rotatable bonds is 4. The van der Waals surface area contributed by atoms with E-state index in [1.54, 1.807) is 18.2 Å². The van der Waals surface area contributed by atoms with Gasteiger partial charge in [0.2, 0.25) is 0 Å². The molecule has 8 heteroatoms. The molecule has 0 aliphatic carbocycles. The number of methoxy groups -OCH3 is 1. The summed E-state index contributed by atoms with van der Waals surface area (Å²) in [5, 5.41) is 0.374. The number of ether oxygens (including phenoxy) is 1. The van der Waals surface area contributed by atoms with E-state index in [1.165, 1.54) is 25.3 Å². The lowest BCUT2D eigenvalue weighted by Gasteiger charge is -2.11. The lowest BCUT2D eigenvalue weighted by Crippen LogP contribution is -2.14. The molecule has 2 rings (SSSR count). The molecule has 0 heterocycles. The second-order valence-electron chi connectivity index (χ2n) is 4.14. The Hall–Kier alpha value is -1.44. The first-order valence-corrected chi connectivity index (χ1v) is 8.40. The van der Waals surface area contributed by atoms with Crippen LogP contribution in [0.4, 0.5) is 11.4 Å². The molecule has 0 bridgehead atoms. The van der Waals surface area contributed by atoms with Crippen LogP contribution in [0.3, 0.4) is 0 Å². The number of nitrogens with two attached hydrogens (primary N) is 1. The van der Waals surface area contributed by atoms with Crippen molar-refractivity contribution in [3.8, 4) is 5.75 Å². The minimum Gasteiger partial charge on any atom is -0.496 e. The maximum absolute atomic E-state index is 12.3. The predicted molar refractivity (Wildman–Crippen MR) is 87.4 cm³/mol.